The predicted molar refractivity (Wildman–Crippen MR) is 175 cm³/mol. The Labute approximate surface area is 274 Å². The number of amides is 6. The Kier molecular flexibility index (Phi) is 12.1. The van der Waals surface area contributed by atoms with Crippen LogP contribution in [0.3, 0.4) is 0 Å². The molecule has 46 heavy (non-hydrogen) atoms. The highest BCUT2D eigenvalue weighted by atomic mass is 16.2. The molecule has 0 aromatic heterocycles. The van der Waals surface area contributed by atoms with Gasteiger partial charge in [0.1, 0.15) is 12.1 Å². The van der Waals surface area contributed by atoms with Crippen molar-refractivity contribution in [2.45, 2.75) is 112 Å². The van der Waals surface area contributed by atoms with Crippen LogP contribution in [0.1, 0.15) is 87.5 Å². The zero-order valence-electron chi connectivity index (χ0n) is 29.0. The van der Waals surface area contributed by atoms with E-state index in [1.165, 1.54) is 6.08 Å². The fourth-order valence-electron chi connectivity index (χ4n) is 6.91. The summed E-state index contributed by atoms with van der Waals surface area (Å²) < 4.78 is 0. The van der Waals surface area contributed by atoms with E-state index < -0.39 is 47.2 Å². The van der Waals surface area contributed by atoms with Gasteiger partial charge in [-0.3, -0.25) is 24.0 Å². The molecule has 12 nitrogen and oxygen atoms in total. The second-order valence-electron chi connectivity index (χ2n) is 15.2. The maximum absolute atomic E-state index is 14.3. The van der Waals surface area contributed by atoms with Gasteiger partial charge in [-0.05, 0) is 47.8 Å². The Hall–Kier alpha value is -3.44. The van der Waals surface area contributed by atoms with Crippen molar-refractivity contribution in [2.24, 2.45) is 28.6 Å². The molecule has 6 amide bonds. The molecule has 12 heteroatoms. The highest BCUT2D eigenvalue weighted by molar-refractivity contribution is 6.38. The molecule has 3 rings (SSSR count). The number of urea groups is 1. The lowest BCUT2D eigenvalue weighted by Gasteiger charge is -2.38. The molecule has 0 aromatic rings. The van der Waals surface area contributed by atoms with Crippen LogP contribution in [0.5, 0.6) is 0 Å². The third-order valence-electron chi connectivity index (χ3n) is 9.95. The minimum absolute atomic E-state index is 0.0443. The Morgan fingerprint density at radius 2 is 1.74 bits per heavy atom. The normalized spacial score (nSPS) is 23.9. The molecule has 0 bridgehead atoms. The number of piperidine rings is 2. The molecule has 3 aliphatic rings. The van der Waals surface area contributed by atoms with Crippen molar-refractivity contribution in [3.05, 3.63) is 12.7 Å². The Morgan fingerprint density at radius 3 is 2.30 bits per heavy atom. The summed E-state index contributed by atoms with van der Waals surface area (Å²) in [4.78, 5) is 82.8. The summed E-state index contributed by atoms with van der Waals surface area (Å²) in [6, 6.07) is -3.65. The van der Waals surface area contributed by atoms with E-state index in [1.54, 1.807) is 9.80 Å². The second kappa shape index (κ2) is 15.0. The zero-order valence-corrected chi connectivity index (χ0v) is 29.0. The van der Waals surface area contributed by atoms with Crippen molar-refractivity contribution >= 4 is 35.4 Å². The Balaban J connectivity index is 1.78. The number of carbonyl (C=O) groups excluding carboxylic acids is 6. The zero-order chi connectivity index (χ0) is 34.6. The van der Waals surface area contributed by atoms with Crippen molar-refractivity contribution in [1.29, 1.82) is 0 Å². The van der Waals surface area contributed by atoms with Crippen molar-refractivity contribution in [2.75, 3.05) is 26.2 Å². The number of fused-ring (bicyclic) bond motifs is 1. The van der Waals surface area contributed by atoms with Crippen molar-refractivity contribution in [1.82, 2.24) is 31.1 Å². The molecule has 0 aromatic carbocycles. The van der Waals surface area contributed by atoms with Gasteiger partial charge in [-0.2, -0.15) is 0 Å². The van der Waals surface area contributed by atoms with E-state index in [-0.39, 0.29) is 54.0 Å². The molecule has 258 valence electrons. The van der Waals surface area contributed by atoms with E-state index >= 15 is 0 Å². The Morgan fingerprint density at radius 1 is 1.07 bits per heavy atom. The van der Waals surface area contributed by atoms with Crippen LogP contribution in [0.4, 0.5) is 4.79 Å². The fourth-order valence-corrected chi connectivity index (χ4v) is 6.91. The molecule has 0 radical (unpaired) electrons. The summed E-state index contributed by atoms with van der Waals surface area (Å²) in [5.41, 5.74) is -0.874. The SMILES string of the molecule is C=CCNC(=O)C(=O)C(CCC)NC(=O)[C@@H]1[C@@H]2[C@H](CN1C(=O)[C@@H](NC(=O)N[C@H](CN1CCCCC1=O)C(C)C)C(C)(C)C)C2(C)C. The van der Waals surface area contributed by atoms with Gasteiger partial charge in [0.05, 0.1) is 12.1 Å². The van der Waals surface area contributed by atoms with E-state index in [2.05, 4.69) is 41.7 Å². The number of hydrogen-bond donors (Lipinski definition) is 4. The van der Waals surface area contributed by atoms with Gasteiger partial charge in [-0.25, -0.2) is 4.79 Å². The first-order valence-corrected chi connectivity index (χ1v) is 16.8. The molecule has 3 fully saturated rings. The average Bonchev–Trinajstić information content (AvgIpc) is 3.28. The van der Waals surface area contributed by atoms with E-state index in [9.17, 15) is 28.8 Å². The predicted octanol–water partition coefficient (Wildman–Crippen LogP) is 2.38. The molecule has 0 spiro atoms. The van der Waals surface area contributed by atoms with Crippen molar-refractivity contribution in [3.8, 4) is 0 Å². The summed E-state index contributed by atoms with van der Waals surface area (Å²) in [6.07, 6.45) is 4.62. The summed E-state index contributed by atoms with van der Waals surface area (Å²) in [7, 11) is 0. The van der Waals surface area contributed by atoms with Crippen LogP contribution in [-0.2, 0) is 24.0 Å². The molecule has 1 unspecified atom stereocenters. The van der Waals surface area contributed by atoms with Crippen LogP contribution >= 0.6 is 0 Å². The van der Waals surface area contributed by atoms with E-state index in [4.69, 9.17) is 0 Å². The van der Waals surface area contributed by atoms with Gasteiger partial charge in [-0.1, -0.05) is 67.9 Å². The van der Waals surface area contributed by atoms with Crippen LogP contribution in [0.25, 0.3) is 0 Å². The van der Waals surface area contributed by atoms with Crippen LogP contribution in [0, 0.1) is 28.6 Å². The van der Waals surface area contributed by atoms with Crippen LogP contribution in [-0.4, -0.2) is 95.6 Å². The largest absolute Gasteiger partial charge is 0.346 e. The number of rotatable bonds is 14. The highest BCUT2D eigenvalue weighted by Crippen LogP contribution is 2.65. The first kappa shape index (κ1) is 37.0. The maximum Gasteiger partial charge on any atom is 0.315 e. The van der Waals surface area contributed by atoms with Gasteiger partial charge in [0.15, 0.2) is 0 Å². The lowest BCUT2D eigenvalue weighted by Crippen LogP contribution is -2.62. The van der Waals surface area contributed by atoms with Crippen LogP contribution in [0.15, 0.2) is 12.7 Å². The second-order valence-corrected chi connectivity index (χ2v) is 15.2. The third kappa shape index (κ3) is 8.47. The number of likely N-dealkylation sites (tertiary alicyclic amines) is 2. The summed E-state index contributed by atoms with van der Waals surface area (Å²) in [5, 5.41) is 11.2. The number of hydrogen-bond acceptors (Lipinski definition) is 6. The van der Waals surface area contributed by atoms with Crippen LogP contribution in [0.2, 0.25) is 0 Å². The third-order valence-corrected chi connectivity index (χ3v) is 9.95. The lowest BCUT2D eigenvalue weighted by molar-refractivity contribution is -0.145. The quantitative estimate of drug-likeness (QED) is 0.168. The molecule has 4 N–H and O–H groups in total. The molecule has 1 saturated carbocycles. The first-order chi connectivity index (χ1) is 21.4. The summed E-state index contributed by atoms with van der Waals surface area (Å²) >= 11 is 0. The van der Waals surface area contributed by atoms with Crippen molar-refractivity contribution in [3.63, 3.8) is 0 Å². The fraction of sp³-hybridized carbons (Fsp3) is 0.765. The molecular weight excluding hydrogens is 588 g/mol. The van der Waals surface area contributed by atoms with E-state index in [0.29, 0.717) is 32.5 Å². The first-order valence-electron chi connectivity index (χ1n) is 16.8. The number of ketones is 1. The van der Waals surface area contributed by atoms with Gasteiger partial charge >= 0.3 is 6.03 Å². The molecule has 6 atom stereocenters. The maximum atomic E-state index is 14.3. The summed E-state index contributed by atoms with van der Waals surface area (Å²) in [5.74, 6) is -2.29. The van der Waals surface area contributed by atoms with Gasteiger partial charge in [0.2, 0.25) is 23.5 Å². The lowest BCUT2D eigenvalue weighted by atomic mass is 9.85. The smallest absolute Gasteiger partial charge is 0.315 e. The van der Waals surface area contributed by atoms with Gasteiger partial charge in [-0.15, -0.1) is 6.58 Å². The number of carbonyl (C=O) groups is 6. The minimum Gasteiger partial charge on any atom is -0.346 e. The van der Waals surface area contributed by atoms with E-state index in [1.807, 2.05) is 41.5 Å². The summed E-state index contributed by atoms with van der Waals surface area (Å²) in [6.45, 7) is 20.6. The van der Waals surface area contributed by atoms with Crippen molar-refractivity contribution < 1.29 is 28.8 Å². The molecular formula is C34H56N6O6. The number of nitrogens with zero attached hydrogens (tertiary/aromatic N) is 2. The van der Waals surface area contributed by atoms with Gasteiger partial charge in [0.25, 0.3) is 5.91 Å². The Bertz CT molecular complexity index is 1190. The molecule has 1 aliphatic carbocycles. The molecule has 2 aliphatic heterocycles. The standard InChI is InChI=1S/C34H56N6O6/c1-10-14-22(27(42)30(44)35-16-11-2)36-29(43)26-25-21(34(25,8)9)18-40(26)31(45)28(33(5,6)7)38-32(46)37-23(20(3)4)19-39-17-13-12-15-24(39)41/h11,20-23,25-26,28H,2,10,12-19H2,1,3-9H3,(H,35,44)(H,36,43)(H2,37,38,46)/t21-,22?,23+,25-,26-,28+/m0/s1. The van der Waals surface area contributed by atoms with E-state index in [0.717, 1.165) is 12.8 Å². The van der Waals surface area contributed by atoms with Crippen LogP contribution < -0.4 is 21.3 Å². The highest BCUT2D eigenvalue weighted by Gasteiger charge is 2.70. The monoisotopic (exact) mass is 644 g/mol. The van der Waals surface area contributed by atoms with Gasteiger partial charge in [0, 0.05) is 32.6 Å². The average molecular weight is 645 g/mol. The number of nitrogens with one attached hydrogen (secondary N) is 4. The molecule has 2 heterocycles. The topological polar surface area (TPSA) is 157 Å². The molecule has 2 saturated heterocycles. The van der Waals surface area contributed by atoms with Gasteiger partial charge < -0.3 is 31.1 Å². The minimum atomic E-state index is -1.03. The number of Topliss-reactive ketones (excluding diaryl/α,β-unsaturated/α-hetero) is 1.